The Bertz CT molecular complexity index is 1440. The number of benzene rings is 2. The molecule has 0 aliphatic carbocycles. The predicted molar refractivity (Wildman–Crippen MR) is 138 cm³/mol. The highest BCUT2D eigenvalue weighted by Crippen LogP contribution is 2.41. The van der Waals surface area contributed by atoms with Crippen molar-refractivity contribution in [3.63, 3.8) is 0 Å². The van der Waals surface area contributed by atoms with Crippen molar-refractivity contribution >= 4 is 46.0 Å². The maximum atomic E-state index is 13.6. The van der Waals surface area contributed by atoms with Gasteiger partial charge in [-0.1, -0.05) is 29.8 Å². The number of amides is 1. The SMILES string of the molecule is Cc1cc(C2(c3cccc(-c4cc(Cl)cc(OS(C)(=O)=O)c4)c3)N=C(N)N(C)C2=O)cc(C)n1.Cl. The maximum absolute atomic E-state index is 13.6. The number of guanidine groups is 1. The second-order valence-electron chi connectivity index (χ2n) is 8.23. The van der Waals surface area contributed by atoms with Crippen LogP contribution in [0.4, 0.5) is 0 Å². The number of nitrogens with zero attached hydrogens (tertiary/aromatic N) is 3. The molecule has 4 rings (SSSR count). The van der Waals surface area contributed by atoms with Crippen LogP contribution in [-0.2, 0) is 20.5 Å². The standard InChI is InChI=1S/C24H23ClN4O4S.ClH/c1-14-8-19(9-15(2)27-14)24(22(30)29(3)23(26)28-24)18-7-5-6-16(10-18)17-11-20(25)13-21(12-17)33-34(4,31)32;/h5-13H,1-4H3,(H2,26,28);1H. The zero-order chi connectivity index (χ0) is 24.8. The first-order valence-electron chi connectivity index (χ1n) is 10.3. The van der Waals surface area contributed by atoms with Crippen LogP contribution in [0.1, 0.15) is 22.5 Å². The normalized spacial score (nSPS) is 17.7. The van der Waals surface area contributed by atoms with E-state index < -0.39 is 15.7 Å². The summed E-state index contributed by atoms with van der Waals surface area (Å²) < 4.78 is 28.2. The number of aromatic nitrogens is 1. The van der Waals surface area contributed by atoms with Gasteiger partial charge in [-0.15, -0.1) is 12.4 Å². The van der Waals surface area contributed by atoms with Crippen molar-refractivity contribution in [1.82, 2.24) is 9.88 Å². The first-order valence-corrected chi connectivity index (χ1v) is 12.5. The first-order chi connectivity index (χ1) is 15.9. The van der Waals surface area contributed by atoms with E-state index in [4.69, 9.17) is 21.5 Å². The number of halogens is 2. The van der Waals surface area contributed by atoms with Gasteiger partial charge in [0.25, 0.3) is 5.91 Å². The van der Waals surface area contributed by atoms with Crippen LogP contribution in [0.5, 0.6) is 5.75 Å². The van der Waals surface area contributed by atoms with Crippen molar-refractivity contribution in [3.05, 3.63) is 82.1 Å². The van der Waals surface area contributed by atoms with Gasteiger partial charge < -0.3 is 9.92 Å². The molecule has 3 aromatic rings. The molecule has 1 atom stereocenters. The number of pyridine rings is 1. The summed E-state index contributed by atoms with van der Waals surface area (Å²) in [5.74, 6) is -0.0992. The molecule has 0 bridgehead atoms. The molecular formula is C24H24Cl2N4O4S. The summed E-state index contributed by atoms with van der Waals surface area (Å²) in [6, 6.07) is 15.6. The third-order valence-electron chi connectivity index (χ3n) is 5.47. The van der Waals surface area contributed by atoms with Gasteiger partial charge in [0.1, 0.15) is 5.75 Å². The first kappa shape index (κ1) is 26.5. The van der Waals surface area contributed by atoms with E-state index in [-0.39, 0.29) is 30.0 Å². The lowest BCUT2D eigenvalue weighted by molar-refractivity contribution is -0.129. The number of aryl methyl sites for hydroxylation is 2. The topological polar surface area (TPSA) is 115 Å². The number of aliphatic imine (C=N–C) groups is 1. The molecule has 2 aromatic carbocycles. The molecule has 0 spiro atoms. The second kappa shape index (κ2) is 9.49. The summed E-state index contributed by atoms with van der Waals surface area (Å²) in [6.07, 6.45) is 0.960. The lowest BCUT2D eigenvalue weighted by atomic mass is 9.81. The lowest BCUT2D eigenvalue weighted by Crippen LogP contribution is -2.41. The Kier molecular flexibility index (Phi) is 7.17. The molecule has 2 N–H and O–H groups in total. The highest BCUT2D eigenvalue weighted by atomic mass is 35.5. The molecule has 1 amide bonds. The molecule has 35 heavy (non-hydrogen) atoms. The van der Waals surface area contributed by atoms with Crippen LogP contribution >= 0.6 is 24.0 Å². The van der Waals surface area contributed by atoms with Crippen LogP contribution in [0.3, 0.4) is 0 Å². The number of likely N-dealkylation sites (N-methyl/N-ethyl adjacent to an activating group) is 1. The largest absolute Gasteiger partial charge is 0.383 e. The zero-order valence-corrected chi connectivity index (χ0v) is 21.8. The van der Waals surface area contributed by atoms with Gasteiger partial charge in [-0.05, 0) is 66.4 Å². The molecule has 0 saturated heterocycles. The fourth-order valence-corrected chi connectivity index (χ4v) is 4.77. The summed E-state index contributed by atoms with van der Waals surface area (Å²) in [6.45, 7) is 3.71. The Morgan fingerprint density at radius 2 is 1.66 bits per heavy atom. The van der Waals surface area contributed by atoms with Crippen molar-refractivity contribution in [3.8, 4) is 16.9 Å². The van der Waals surface area contributed by atoms with Gasteiger partial charge in [-0.25, -0.2) is 4.99 Å². The van der Waals surface area contributed by atoms with Crippen LogP contribution in [-0.4, -0.2) is 43.5 Å². The number of hydrogen-bond donors (Lipinski definition) is 1. The Hall–Kier alpha value is -3.14. The van der Waals surface area contributed by atoms with Crippen LogP contribution in [0, 0.1) is 13.8 Å². The summed E-state index contributed by atoms with van der Waals surface area (Å²) in [7, 11) is -2.15. The van der Waals surface area contributed by atoms with Crippen molar-refractivity contribution in [2.75, 3.05) is 13.3 Å². The van der Waals surface area contributed by atoms with Gasteiger partial charge in [0, 0.05) is 29.5 Å². The van der Waals surface area contributed by atoms with Gasteiger partial charge in [-0.3, -0.25) is 14.7 Å². The summed E-state index contributed by atoms with van der Waals surface area (Å²) in [4.78, 5) is 24.0. The molecule has 184 valence electrons. The summed E-state index contributed by atoms with van der Waals surface area (Å²) in [5.41, 5.74) is 8.75. The molecule has 0 fully saturated rings. The molecule has 2 heterocycles. The van der Waals surface area contributed by atoms with Gasteiger partial charge in [0.05, 0.1) is 6.26 Å². The highest BCUT2D eigenvalue weighted by molar-refractivity contribution is 7.86. The maximum Gasteiger partial charge on any atom is 0.306 e. The molecule has 1 aliphatic heterocycles. The lowest BCUT2D eigenvalue weighted by Gasteiger charge is -2.27. The average molecular weight is 535 g/mol. The van der Waals surface area contributed by atoms with Crippen molar-refractivity contribution in [1.29, 1.82) is 0 Å². The minimum atomic E-state index is -3.73. The van der Waals surface area contributed by atoms with E-state index in [9.17, 15) is 13.2 Å². The fourth-order valence-electron chi connectivity index (χ4n) is 4.10. The van der Waals surface area contributed by atoms with Crippen molar-refractivity contribution < 1.29 is 17.4 Å². The van der Waals surface area contributed by atoms with Crippen LogP contribution in [0.15, 0.2) is 59.6 Å². The quantitative estimate of drug-likeness (QED) is 0.497. The third kappa shape index (κ3) is 5.12. The number of nitrogens with two attached hydrogens (primary N) is 1. The molecule has 1 aliphatic rings. The minimum absolute atomic E-state index is 0. The minimum Gasteiger partial charge on any atom is -0.383 e. The van der Waals surface area contributed by atoms with Gasteiger partial charge >= 0.3 is 10.1 Å². The molecule has 1 unspecified atom stereocenters. The third-order valence-corrected chi connectivity index (χ3v) is 6.19. The van der Waals surface area contributed by atoms with E-state index in [2.05, 4.69) is 9.98 Å². The summed E-state index contributed by atoms with van der Waals surface area (Å²) in [5, 5.41) is 0.301. The number of rotatable bonds is 5. The molecule has 11 heteroatoms. The monoisotopic (exact) mass is 534 g/mol. The van der Waals surface area contributed by atoms with Crippen LogP contribution < -0.4 is 9.92 Å². The summed E-state index contributed by atoms with van der Waals surface area (Å²) >= 11 is 6.23. The number of hydrogen-bond acceptors (Lipinski definition) is 7. The highest BCUT2D eigenvalue weighted by Gasteiger charge is 2.49. The molecule has 1 aromatic heterocycles. The Morgan fingerprint density at radius 3 is 2.23 bits per heavy atom. The van der Waals surface area contributed by atoms with E-state index >= 15 is 0 Å². The number of carbonyl (C=O) groups excluding carboxylic acids is 1. The Labute approximate surface area is 215 Å². The van der Waals surface area contributed by atoms with E-state index in [1.807, 2.05) is 38.1 Å². The smallest absolute Gasteiger partial charge is 0.306 e. The van der Waals surface area contributed by atoms with Crippen molar-refractivity contribution in [2.45, 2.75) is 19.4 Å². The van der Waals surface area contributed by atoms with Crippen molar-refractivity contribution in [2.24, 2.45) is 10.7 Å². The predicted octanol–water partition coefficient (Wildman–Crippen LogP) is 3.81. The molecule has 0 saturated carbocycles. The van der Waals surface area contributed by atoms with E-state index in [0.717, 1.165) is 17.6 Å². The molecular weight excluding hydrogens is 511 g/mol. The fraction of sp³-hybridized carbons (Fsp3) is 0.208. The van der Waals surface area contributed by atoms with E-state index in [0.29, 0.717) is 27.3 Å². The van der Waals surface area contributed by atoms with Crippen LogP contribution in [0.25, 0.3) is 11.1 Å². The zero-order valence-electron chi connectivity index (χ0n) is 19.4. The van der Waals surface area contributed by atoms with Crippen LogP contribution in [0.2, 0.25) is 5.02 Å². The van der Waals surface area contributed by atoms with Gasteiger partial charge in [0.15, 0.2) is 11.5 Å². The van der Waals surface area contributed by atoms with Gasteiger partial charge in [-0.2, -0.15) is 8.42 Å². The second-order valence-corrected chi connectivity index (χ2v) is 10.2. The van der Waals surface area contributed by atoms with Gasteiger partial charge in [0.2, 0.25) is 0 Å². The van der Waals surface area contributed by atoms with E-state index in [1.165, 1.54) is 11.0 Å². The molecule has 8 nitrogen and oxygen atoms in total. The average Bonchev–Trinajstić information content (AvgIpc) is 2.96. The van der Waals surface area contributed by atoms with E-state index in [1.54, 1.807) is 31.3 Å². The Morgan fingerprint density at radius 1 is 1.00 bits per heavy atom. The molecule has 0 radical (unpaired) electrons. The number of carbonyl (C=O) groups is 1. The Balaban J connectivity index is 0.00000342.